The molecule has 3 amide bonds. The third-order valence-corrected chi connectivity index (χ3v) is 13.4. The smallest absolute Gasteiger partial charge is 0.263 e. The third kappa shape index (κ3) is 13.4. The molecule has 6 rings (SSSR count). The first kappa shape index (κ1) is 48.8. The van der Waals surface area contributed by atoms with Gasteiger partial charge in [0, 0.05) is 28.7 Å². The Morgan fingerprint density at radius 2 is 1.25 bits per heavy atom. The first-order chi connectivity index (χ1) is 29.9. The highest BCUT2D eigenvalue weighted by Gasteiger charge is 2.40. The van der Waals surface area contributed by atoms with Gasteiger partial charge in [-0.3, -0.25) is 14.4 Å². The Kier molecular flexibility index (Phi) is 16.9. The highest BCUT2D eigenvalue weighted by molar-refractivity contribution is 5.92. The van der Waals surface area contributed by atoms with E-state index in [1.54, 1.807) is 38.1 Å². The molecule has 0 spiro atoms. The van der Waals surface area contributed by atoms with Crippen molar-refractivity contribution in [2.45, 2.75) is 133 Å². The zero-order chi connectivity index (χ0) is 45.8. The monoisotopic (exact) mass is 864 g/mol. The van der Waals surface area contributed by atoms with Crippen LogP contribution in [-0.2, 0) is 22.4 Å². The molecule has 0 heterocycles. The summed E-state index contributed by atoms with van der Waals surface area (Å²) in [6, 6.07) is 31.7. The average Bonchev–Trinajstić information content (AvgIpc) is 3.26. The number of aryl methyl sites for hydroxylation is 1. The van der Waals surface area contributed by atoms with Gasteiger partial charge in [0.05, 0.1) is 0 Å². The van der Waals surface area contributed by atoms with E-state index in [1.165, 1.54) is 23.3 Å². The van der Waals surface area contributed by atoms with E-state index in [-0.39, 0.29) is 40.8 Å². The molecular formula is C52H70FN5O5. The van der Waals surface area contributed by atoms with Gasteiger partial charge in [-0.05, 0) is 185 Å². The highest BCUT2D eigenvalue weighted by Crippen LogP contribution is 2.37. The number of amides is 3. The lowest BCUT2D eigenvalue weighted by atomic mass is 9.74. The van der Waals surface area contributed by atoms with Gasteiger partial charge >= 0.3 is 0 Å². The number of hydrogen-bond acceptors (Lipinski definition) is 7. The molecule has 1 atom stereocenters. The summed E-state index contributed by atoms with van der Waals surface area (Å²) in [5.41, 5.74) is 8.61. The first-order valence-corrected chi connectivity index (χ1v) is 22.5. The van der Waals surface area contributed by atoms with Crippen LogP contribution in [0.5, 0.6) is 11.5 Å². The van der Waals surface area contributed by atoms with Gasteiger partial charge in [0.1, 0.15) is 17.3 Å². The third-order valence-electron chi connectivity index (χ3n) is 13.4. The lowest BCUT2D eigenvalue weighted by Crippen LogP contribution is -2.55. The van der Waals surface area contributed by atoms with Crippen LogP contribution in [0.25, 0.3) is 0 Å². The topological polar surface area (TPSA) is 126 Å². The molecule has 63 heavy (non-hydrogen) atoms. The molecule has 10 nitrogen and oxygen atoms in total. The summed E-state index contributed by atoms with van der Waals surface area (Å²) >= 11 is 0. The molecule has 0 radical (unpaired) electrons. The molecule has 2 saturated carbocycles. The maximum Gasteiger partial charge on any atom is 0.263 e. The summed E-state index contributed by atoms with van der Waals surface area (Å²) < 4.78 is 25.1. The van der Waals surface area contributed by atoms with Gasteiger partial charge in [0.2, 0.25) is 5.91 Å². The molecule has 4 aromatic carbocycles. The number of likely N-dealkylation sites (N-methyl/N-ethyl adjacent to an activating group) is 2. The second-order valence-electron chi connectivity index (χ2n) is 18.5. The number of primary amides is 1. The van der Waals surface area contributed by atoms with Crippen LogP contribution in [0, 0.1) is 12.7 Å². The minimum atomic E-state index is -1.07. The zero-order valence-electron chi connectivity index (χ0n) is 38.7. The van der Waals surface area contributed by atoms with Crippen LogP contribution in [0.15, 0.2) is 103 Å². The number of nitrogens with zero attached hydrogens (tertiary/aromatic N) is 2. The van der Waals surface area contributed by atoms with Crippen molar-refractivity contribution in [3.05, 3.63) is 131 Å². The second-order valence-corrected chi connectivity index (χ2v) is 18.5. The minimum Gasteiger partial charge on any atom is -0.481 e. The molecule has 2 aliphatic carbocycles. The fourth-order valence-electron chi connectivity index (χ4n) is 8.98. The summed E-state index contributed by atoms with van der Waals surface area (Å²) in [5.74, 6) is 0.328. The number of halogens is 1. The van der Waals surface area contributed by atoms with Gasteiger partial charge < -0.3 is 35.6 Å². The number of para-hydroxylation sites is 1. The number of hydrogen-bond donors (Lipinski definition) is 3. The van der Waals surface area contributed by atoms with Crippen molar-refractivity contribution in [2.75, 3.05) is 28.2 Å². The minimum absolute atomic E-state index is 0.00242. The van der Waals surface area contributed by atoms with Crippen LogP contribution in [0.1, 0.15) is 106 Å². The molecule has 340 valence electrons. The van der Waals surface area contributed by atoms with Gasteiger partial charge in [0.15, 0.2) is 11.7 Å². The van der Waals surface area contributed by atoms with Crippen molar-refractivity contribution in [3.63, 3.8) is 0 Å². The number of ether oxygens (including phenoxy) is 2. The van der Waals surface area contributed by atoms with E-state index in [2.05, 4.69) is 79.8 Å². The van der Waals surface area contributed by atoms with Crippen LogP contribution in [0.3, 0.4) is 0 Å². The van der Waals surface area contributed by atoms with Gasteiger partial charge in [0.25, 0.3) is 11.8 Å². The molecule has 4 N–H and O–H groups in total. The van der Waals surface area contributed by atoms with Crippen LogP contribution < -0.4 is 25.8 Å². The van der Waals surface area contributed by atoms with Crippen LogP contribution in [-0.4, -0.2) is 90.6 Å². The molecule has 0 aromatic heterocycles. The van der Waals surface area contributed by atoms with Gasteiger partial charge in [-0.2, -0.15) is 0 Å². The van der Waals surface area contributed by atoms with E-state index in [4.69, 9.17) is 15.2 Å². The van der Waals surface area contributed by atoms with E-state index in [1.807, 2.05) is 49.4 Å². The van der Waals surface area contributed by atoms with Gasteiger partial charge in [-0.25, -0.2) is 4.39 Å². The van der Waals surface area contributed by atoms with Crippen molar-refractivity contribution in [1.82, 2.24) is 20.4 Å². The van der Waals surface area contributed by atoms with E-state index in [9.17, 15) is 18.8 Å². The Hall–Kier alpha value is -5.26. The normalized spacial score (nSPS) is 21.7. The number of carbonyl (C=O) groups is 3. The van der Waals surface area contributed by atoms with Crippen molar-refractivity contribution in [1.29, 1.82) is 0 Å². The summed E-state index contributed by atoms with van der Waals surface area (Å²) in [5, 5.41) is 6.41. The fourth-order valence-corrected chi connectivity index (χ4v) is 8.98. The van der Waals surface area contributed by atoms with Crippen molar-refractivity contribution < 1.29 is 28.2 Å². The number of rotatable bonds is 16. The lowest BCUT2D eigenvalue weighted by Gasteiger charge is -2.46. The maximum absolute atomic E-state index is 13.3. The highest BCUT2D eigenvalue weighted by atomic mass is 19.1. The molecule has 2 fully saturated rings. The molecule has 4 aromatic rings. The van der Waals surface area contributed by atoms with Gasteiger partial charge in [-0.1, -0.05) is 61.5 Å². The van der Waals surface area contributed by atoms with E-state index in [0.717, 1.165) is 75.5 Å². The number of nitrogens with two attached hydrogens (primary N) is 1. The zero-order valence-corrected chi connectivity index (χ0v) is 38.7. The Balaban J connectivity index is 0.000000239. The Bertz CT molecular complexity index is 2070. The lowest BCUT2D eigenvalue weighted by molar-refractivity contribution is -0.135. The van der Waals surface area contributed by atoms with E-state index < -0.39 is 17.6 Å². The molecule has 0 saturated heterocycles. The number of carbonyl (C=O) groups excluding carboxylic acids is 3. The molecule has 2 aliphatic rings. The molecule has 0 bridgehead atoms. The standard InChI is InChI=1S/C26H34FN3O3.C26H36N2O2/c1-25(2,33-22-11-7-19(8-12-22)23(28)31)24(32)29-21-13-15-26(16-14-21,30(3)4)17-18-5-9-20(27)10-6-18;1-5-24(30-23-13-7-6-8-14-23)25(29)27-22-15-17-26(18-16-22,28(3)4)19-21-12-10-9-11-20(21)2/h5-12,21H,13-17H2,1-4H3,(H2,28,31)(H,29,32);6-14,22,24H,5,15-19H2,1-4H3,(H,27,29). The summed E-state index contributed by atoms with van der Waals surface area (Å²) in [4.78, 5) is 41.7. The fraction of sp³-hybridized carbons (Fsp3) is 0.481. The van der Waals surface area contributed by atoms with Crippen molar-refractivity contribution in [3.8, 4) is 11.5 Å². The van der Waals surface area contributed by atoms with Crippen LogP contribution in [0.2, 0.25) is 0 Å². The largest absolute Gasteiger partial charge is 0.481 e. The van der Waals surface area contributed by atoms with Crippen LogP contribution in [0.4, 0.5) is 4.39 Å². The molecule has 0 aliphatic heterocycles. The summed E-state index contributed by atoms with van der Waals surface area (Å²) in [7, 11) is 8.56. The average molecular weight is 864 g/mol. The summed E-state index contributed by atoms with van der Waals surface area (Å²) in [6.07, 6.45) is 9.83. The number of benzene rings is 4. The molecular weight excluding hydrogens is 794 g/mol. The number of nitrogens with one attached hydrogen (secondary N) is 2. The Morgan fingerprint density at radius 3 is 1.78 bits per heavy atom. The quantitative estimate of drug-likeness (QED) is 0.103. The Labute approximate surface area is 375 Å². The molecule has 1 unspecified atom stereocenters. The SMILES string of the molecule is CCC(Oc1ccccc1)C(=O)NC1CCC(Cc2ccccc2C)(N(C)C)CC1.CN(C)C1(Cc2ccc(F)cc2)CCC(NC(=O)C(C)(C)Oc2ccc(C(N)=O)cc2)CC1. The predicted molar refractivity (Wildman–Crippen MR) is 249 cm³/mol. The molecule has 11 heteroatoms. The predicted octanol–water partition coefficient (Wildman–Crippen LogP) is 8.44. The second kappa shape index (κ2) is 21.9. The Morgan fingerprint density at radius 1 is 0.730 bits per heavy atom. The van der Waals surface area contributed by atoms with E-state index in [0.29, 0.717) is 17.7 Å². The van der Waals surface area contributed by atoms with Crippen molar-refractivity contribution >= 4 is 17.7 Å². The van der Waals surface area contributed by atoms with Crippen molar-refractivity contribution in [2.24, 2.45) is 5.73 Å². The first-order valence-electron chi connectivity index (χ1n) is 22.5. The van der Waals surface area contributed by atoms with E-state index >= 15 is 0 Å². The summed E-state index contributed by atoms with van der Waals surface area (Å²) in [6.45, 7) is 7.65. The maximum atomic E-state index is 13.3. The van der Waals surface area contributed by atoms with Crippen LogP contribution >= 0.6 is 0 Å². The van der Waals surface area contributed by atoms with Gasteiger partial charge in [-0.15, -0.1) is 0 Å².